The zero-order valence-electron chi connectivity index (χ0n) is 8.79. The lowest BCUT2D eigenvalue weighted by Gasteiger charge is -2.07. The first-order valence-corrected chi connectivity index (χ1v) is 6.68. The molecule has 0 fully saturated rings. The van der Waals surface area contributed by atoms with Crippen molar-refractivity contribution in [3.8, 4) is 0 Å². The maximum atomic E-state index is 11.1. The molecule has 1 aromatic carbocycles. The van der Waals surface area contributed by atoms with Gasteiger partial charge in [-0.2, -0.15) is 0 Å². The number of aromatic carboxylic acids is 1. The van der Waals surface area contributed by atoms with Crippen molar-refractivity contribution in [1.82, 2.24) is 4.98 Å². The second-order valence-electron chi connectivity index (χ2n) is 3.27. The van der Waals surface area contributed by atoms with Crippen molar-refractivity contribution >= 4 is 34.8 Å². The Morgan fingerprint density at radius 1 is 1.53 bits per heavy atom. The number of nitrogens with two attached hydrogens (primary N) is 1. The first-order chi connectivity index (χ1) is 8.18. The number of aromatic nitrogens is 1. The van der Waals surface area contributed by atoms with E-state index in [4.69, 9.17) is 10.8 Å². The van der Waals surface area contributed by atoms with Crippen molar-refractivity contribution in [2.24, 2.45) is 0 Å². The molecule has 0 radical (unpaired) electrons. The summed E-state index contributed by atoms with van der Waals surface area (Å²) in [6, 6.07) is 5.14. The minimum atomic E-state index is -0.988. The average molecular weight is 266 g/mol. The number of carboxylic acid groups (broad SMARTS) is 1. The molecule has 0 atom stereocenters. The zero-order valence-corrected chi connectivity index (χ0v) is 10.4. The van der Waals surface area contributed by atoms with Crippen molar-refractivity contribution in [2.45, 2.75) is 10.1 Å². The van der Waals surface area contributed by atoms with Gasteiger partial charge in [0, 0.05) is 23.0 Å². The van der Waals surface area contributed by atoms with Gasteiger partial charge in [0.15, 0.2) is 0 Å². The first-order valence-electron chi connectivity index (χ1n) is 4.81. The van der Waals surface area contributed by atoms with E-state index in [9.17, 15) is 4.79 Å². The van der Waals surface area contributed by atoms with Crippen LogP contribution in [0.3, 0.4) is 0 Å². The third kappa shape index (κ3) is 2.78. The van der Waals surface area contributed by atoms with E-state index in [1.165, 1.54) is 23.1 Å². The molecule has 17 heavy (non-hydrogen) atoms. The van der Waals surface area contributed by atoms with Crippen molar-refractivity contribution in [3.63, 3.8) is 0 Å². The van der Waals surface area contributed by atoms with Gasteiger partial charge in [-0.15, -0.1) is 11.3 Å². The Morgan fingerprint density at radius 3 is 3.00 bits per heavy atom. The molecule has 2 rings (SSSR count). The van der Waals surface area contributed by atoms with E-state index in [0.717, 1.165) is 9.90 Å². The fourth-order valence-corrected chi connectivity index (χ4v) is 3.05. The van der Waals surface area contributed by atoms with E-state index in [0.29, 0.717) is 11.4 Å². The lowest BCUT2D eigenvalue weighted by molar-refractivity contribution is 0.0697. The van der Waals surface area contributed by atoms with Gasteiger partial charge in [-0.25, -0.2) is 9.78 Å². The van der Waals surface area contributed by atoms with Crippen LogP contribution >= 0.6 is 23.1 Å². The van der Waals surface area contributed by atoms with E-state index < -0.39 is 5.97 Å². The number of benzene rings is 1. The van der Waals surface area contributed by atoms with Gasteiger partial charge in [0.2, 0.25) is 0 Å². The Hall–Kier alpha value is -1.53. The van der Waals surface area contributed by atoms with Crippen LogP contribution < -0.4 is 5.73 Å². The van der Waals surface area contributed by atoms with Crippen LogP contribution in [0.15, 0.2) is 34.1 Å². The number of nitrogens with zero attached hydrogens (tertiary/aromatic N) is 1. The molecule has 1 aromatic heterocycles. The smallest absolute Gasteiger partial charge is 0.338 e. The monoisotopic (exact) mass is 266 g/mol. The normalized spacial score (nSPS) is 10.4. The van der Waals surface area contributed by atoms with E-state index in [1.807, 2.05) is 5.38 Å². The molecular formula is C11H10N2O2S2. The number of hydrogen-bond acceptors (Lipinski definition) is 5. The van der Waals surface area contributed by atoms with Crippen LogP contribution in [-0.4, -0.2) is 16.1 Å². The molecule has 6 heteroatoms. The molecule has 2 aromatic rings. The third-order valence-electron chi connectivity index (χ3n) is 2.16. The lowest BCUT2D eigenvalue weighted by atomic mass is 10.1. The summed E-state index contributed by atoms with van der Waals surface area (Å²) >= 11 is 3.04. The van der Waals surface area contributed by atoms with Crippen LogP contribution in [0.2, 0.25) is 0 Å². The number of nitrogen functional groups attached to an aromatic ring is 1. The van der Waals surface area contributed by atoms with Crippen molar-refractivity contribution in [2.75, 3.05) is 5.73 Å². The molecule has 0 saturated carbocycles. The maximum Gasteiger partial charge on any atom is 0.338 e. The highest BCUT2D eigenvalue weighted by Crippen LogP contribution is 2.27. The first kappa shape index (κ1) is 11.9. The Balaban J connectivity index is 2.21. The van der Waals surface area contributed by atoms with Crippen LogP contribution in [0.5, 0.6) is 0 Å². The topological polar surface area (TPSA) is 76.2 Å². The minimum absolute atomic E-state index is 0.191. The molecule has 88 valence electrons. The largest absolute Gasteiger partial charge is 0.478 e. The molecule has 0 aliphatic rings. The molecule has 0 amide bonds. The van der Waals surface area contributed by atoms with E-state index in [1.54, 1.807) is 24.4 Å². The van der Waals surface area contributed by atoms with Crippen LogP contribution in [0, 0.1) is 0 Å². The highest BCUT2D eigenvalue weighted by molar-refractivity contribution is 8.00. The van der Waals surface area contributed by atoms with Gasteiger partial charge in [0.05, 0.1) is 5.56 Å². The Bertz CT molecular complexity index is 526. The predicted molar refractivity (Wildman–Crippen MR) is 69.5 cm³/mol. The highest BCUT2D eigenvalue weighted by atomic mass is 32.2. The third-order valence-corrected chi connectivity index (χ3v) is 4.17. The van der Waals surface area contributed by atoms with Gasteiger partial charge in [-0.05, 0) is 11.6 Å². The Morgan fingerprint density at radius 2 is 2.35 bits per heavy atom. The van der Waals surface area contributed by atoms with E-state index in [2.05, 4.69) is 4.98 Å². The summed E-state index contributed by atoms with van der Waals surface area (Å²) in [6.45, 7) is 0. The summed E-state index contributed by atoms with van der Waals surface area (Å²) in [6.07, 6.45) is 1.73. The Kier molecular flexibility index (Phi) is 3.65. The molecule has 3 N–H and O–H groups in total. The minimum Gasteiger partial charge on any atom is -0.478 e. The second kappa shape index (κ2) is 5.20. The lowest BCUT2D eigenvalue weighted by Crippen LogP contribution is -2.06. The SMILES string of the molecule is Nc1cccc(CSc2nccs2)c1C(=O)O. The summed E-state index contributed by atoms with van der Waals surface area (Å²) in [5.74, 6) is -0.432. The summed E-state index contributed by atoms with van der Waals surface area (Å²) in [5.41, 5.74) is 6.88. The van der Waals surface area contributed by atoms with Crippen LogP contribution in [0.4, 0.5) is 5.69 Å². The molecule has 0 bridgehead atoms. The summed E-state index contributed by atoms with van der Waals surface area (Å²) < 4.78 is 0.920. The van der Waals surface area contributed by atoms with Crippen LogP contribution in [0.1, 0.15) is 15.9 Å². The molecule has 0 spiro atoms. The average Bonchev–Trinajstić information content (AvgIpc) is 2.78. The molecule has 0 unspecified atom stereocenters. The number of rotatable bonds is 4. The van der Waals surface area contributed by atoms with Crippen molar-refractivity contribution in [1.29, 1.82) is 0 Å². The highest BCUT2D eigenvalue weighted by Gasteiger charge is 2.13. The van der Waals surface area contributed by atoms with Gasteiger partial charge < -0.3 is 10.8 Å². The number of hydrogen-bond donors (Lipinski definition) is 2. The fraction of sp³-hybridized carbons (Fsp3) is 0.0909. The van der Waals surface area contributed by atoms with Crippen LogP contribution in [0.25, 0.3) is 0 Å². The summed E-state index contributed by atoms with van der Waals surface area (Å²) in [7, 11) is 0. The number of carbonyl (C=O) groups is 1. The van der Waals surface area contributed by atoms with E-state index >= 15 is 0 Å². The fourth-order valence-electron chi connectivity index (χ4n) is 1.42. The number of anilines is 1. The van der Waals surface area contributed by atoms with Crippen LogP contribution in [-0.2, 0) is 5.75 Å². The van der Waals surface area contributed by atoms with Gasteiger partial charge in [-0.1, -0.05) is 23.9 Å². The quantitative estimate of drug-likeness (QED) is 0.657. The number of thioether (sulfide) groups is 1. The standard InChI is InChI=1S/C11H10N2O2S2/c12-8-3-1-2-7(9(8)10(14)15)6-17-11-13-4-5-16-11/h1-5H,6,12H2,(H,14,15). The molecule has 0 aliphatic heterocycles. The van der Waals surface area contributed by atoms with Gasteiger partial charge in [-0.3, -0.25) is 0 Å². The molecule has 4 nitrogen and oxygen atoms in total. The maximum absolute atomic E-state index is 11.1. The number of thiazole rings is 1. The predicted octanol–water partition coefficient (Wildman–Crippen LogP) is 2.72. The van der Waals surface area contributed by atoms with Gasteiger partial charge >= 0.3 is 5.97 Å². The van der Waals surface area contributed by atoms with E-state index in [-0.39, 0.29) is 5.56 Å². The molecular weight excluding hydrogens is 256 g/mol. The number of carboxylic acids is 1. The van der Waals surface area contributed by atoms with Crippen molar-refractivity contribution < 1.29 is 9.90 Å². The summed E-state index contributed by atoms with van der Waals surface area (Å²) in [4.78, 5) is 15.2. The summed E-state index contributed by atoms with van der Waals surface area (Å²) in [5, 5.41) is 11.0. The molecule has 0 aliphatic carbocycles. The second-order valence-corrected chi connectivity index (χ2v) is 5.39. The molecule has 1 heterocycles. The zero-order chi connectivity index (χ0) is 12.3. The van der Waals surface area contributed by atoms with Gasteiger partial charge in [0.25, 0.3) is 0 Å². The Labute approximate surface area is 106 Å². The van der Waals surface area contributed by atoms with Gasteiger partial charge in [0.1, 0.15) is 4.34 Å². The van der Waals surface area contributed by atoms with Crippen molar-refractivity contribution in [3.05, 3.63) is 40.9 Å². The molecule has 0 saturated heterocycles.